The first-order chi connectivity index (χ1) is 12.2. The average Bonchev–Trinajstić information content (AvgIpc) is 2.71. The number of allylic oxidation sites excluding steroid dienone is 1. The number of ether oxygens (including phenoxy) is 3. The van der Waals surface area contributed by atoms with Gasteiger partial charge in [0.25, 0.3) is 0 Å². The molecule has 4 atom stereocenters. The van der Waals surface area contributed by atoms with Gasteiger partial charge in [-0.15, -0.1) is 0 Å². The summed E-state index contributed by atoms with van der Waals surface area (Å²) in [6, 6.07) is 0.216. The number of fused-ring (bicyclic) bond motifs is 2. The highest BCUT2D eigenvalue weighted by Crippen LogP contribution is 2.37. The molecule has 2 unspecified atom stereocenters. The number of hydrogen-bond acceptors (Lipinski definition) is 7. The fourth-order valence-electron chi connectivity index (χ4n) is 3.61. The molecule has 0 aromatic heterocycles. The van der Waals surface area contributed by atoms with Crippen LogP contribution in [-0.2, 0) is 28.6 Å². The molecule has 0 aromatic carbocycles. The van der Waals surface area contributed by atoms with E-state index in [9.17, 15) is 14.4 Å². The van der Waals surface area contributed by atoms with Crippen LogP contribution in [0.3, 0.4) is 0 Å². The lowest BCUT2D eigenvalue weighted by Gasteiger charge is -2.36. The lowest BCUT2D eigenvalue weighted by molar-refractivity contribution is -0.150. The first kappa shape index (κ1) is 20.2. The quantitative estimate of drug-likeness (QED) is 0.417. The third-order valence-corrected chi connectivity index (χ3v) is 4.87. The molecule has 2 bridgehead atoms. The van der Waals surface area contributed by atoms with Crippen LogP contribution in [0.5, 0.6) is 0 Å². The number of methoxy groups -OCH3 is 1. The Kier molecular flexibility index (Phi) is 6.58. The van der Waals surface area contributed by atoms with Crippen LogP contribution in [0.1, 0.15) is 40.0 Å². The maximum Gasteiger partial charge on any atom is 0.333 e. The Hall–Kier alpha value is -2.15. The second-order valence-electron chi connectivity index (χ2n) is 7.17. The predicted octanol–water partition coefficient (Wildman–Crippen LogP) is 1.76. The van der Waals surface area contributed by atoms with Crippen molar-refractivity contribution in [1.82, 2.24) is 4.90 Å². The van der Waals surface area contributed by atoms with E-state index in [0.29, 0.717) is 12.8 Å². The summed E-state index contributed by atoms with van der Waals surface area (Å²) >= 11 is 0. The van der Waals surface area contributed by atoms with Crippen LogP contribution in [0.4, 0.5) is 0 Å². The number of carbonyl (C=O) groups excluding carboxylic acids is 3. The van der Waals surface area contributed by atoms with Gasteiger partial charge in [-0.25, -0.2) is 14.4 Å². The fourth-order valence-corrected chi connectivity index (χ4v) is 3.61. The molecule has 2 aliphatic rings. The largest absolute Gasteiger partial charge is 0.466 e. The van der Waals surface area contributed by atoms with Crippen molar-refractivity contribution in [3.63, 3.8) is 0 Å². The van der Waals surface area contributed by atoms with Crippen LogP contribution in [0.15, 0.2) is 23.3 Å². The zero-order valence-corrected chi connectivity index (χ0v) is 16.0. The minimum Gasteiger partial charge on any atom is -0.466 e. The van der Waals surface area contributed by atoms with Gasteiger partial charge in [-0.2, -0.15) is 0 Å². The number of carbonyl (C=O) groups is 3. The van der Waals surface area contributed by atoms with Crippen LogP contribution in [0.2, 0.25) is 0 Å². The Balaban J connectivity index is 1.96. The molecule has 0 amide bonds. The van der Waals surface area contributed by atoms with Crippen LogP contribution in [-0.4, -0.2) is 61.3 Å². The van der Waals surface area contributed by atoms with Gasteiger partial charge in [-0.05, 0) is 27.8 Å². The molecule has 0 N–H and O–H groups in total. The molecule has 26 heavy (non-hydrogen) atoms. The third-order valence-electron chi connectivity index (χ3n) is 4.87. The monoisotopic (exact) mass is 365 g/mol. The molecule has 0 spiro atoms. The predicted molar refractivity (Wildman–Crippen MR) is 94.2 cm³/mol. The van der Waals surface area contributed by atoms with Gasteiger partial charge in [0.15, 0.2) is 0 Å². The van der Waals surface area contributed by atoms with Gasteiger partial charge in [0.2, 0.25) is 0 Å². The highest BCUT2D eigenvalue weighted by Gasteiger charge is 2.47. The zero-order chi connectivity index (χ0) is 19.4. The van der Waals surface area contributed by atoms with E-state index in [0.717, 1.165) is 18.1 Å². The highest BCUT2D eigenvalue weighted by molar-refractivity contribution is 5.95. The van der Waals surface area contributed by atoms with E-state index in [1.165, 1.54) is 20.1 Å². The van der Waals surface area contributed by atoms with E-state index < -0.39 is 11.9 Å². The summed E-state index contributed by atoms with van der Waals surface area (Å²) in [5.74, 6) is -1.45. The Labute approximate surface area is 154 Å². The molecule has 2 rings (SSSR count). The number of esters is 3. The SMILES string of the molecule is COC(=O)/C(C)=C/C(=O)O[C@@H]1CC2C[C@@H](OC(=O)C=C(C)C)C(C1)N2C. The van der Waals surface area contributed by atoms with Gasteiger partial charge in [0.1, 0.15) is 12.2 Å². The topological polar surface area (TPSA) is 82.1 Å². The lowest BCUT2D eigenvalue weighted by Crippen LogP contribution is -2.46. The van der Waals surface area contributed by atoms with E-state index in [1.54, 1.807) is 0 Å². The van der Waals surface area contributed by atoms with E-state index in [4.69, 9.17) is 9.47 Å². The summed E-state index contributed by atoms with van der Waals surface area (Å²) in [4.78, 5) is 37.5. The molecule has 2 saturated heterocycles. The normalized spacial score (nSPS) is 28.3. The van der Waals surface area contributed by atoms with E-state index in [1.807, 2.05) is 20.9 Å². The Morgan fingerprint density at radius 2 is 1.62 bits per heavy atom. The number of rotatable bonds is 5. The molecule has 144 valence electrons. The summed E-state index contributed by atoms with van der Waals surface area (Å²) in [5.41, 5.74) is 1.09. The smallest absolute Gasteiger partial charge is 0.333 e. The van der Waals surface area contributed by atoms with E-state index in [2.05, 4.69) is 9.64 Å². The number of likely N-dealkylation sites (N-methyl/N-ethyl adjacent to an activating group) is 1. The minimum atomic E-state index is -0.559. The summed E-state index contributed by atoms with van der Waals surface area (Å²) in [6.45, 7) is 5.20. The van der Waals surface area contributed by atoms with Gasteiger partial charge in [0.05, 0.1) is 13.2 Å². The highest BCUT2D eigenvalue weighted by atomic mass is 16.6. The zero-order valence-electron chi connectivity index (χ0n) is 16.0. The van der Waals surface area contributed by atoms with Crippen molar-refractivity contribution in [2.45, 2.75) is 64.3 Å². The van der Waals surface area contributed by atoms with Gasteiger partial charge in [-0.3, -0.25) is 4.90 Å². The Bertz CT molecular complexity index is 634. The Morgan fingerprint density at radius 1 is 0.962 bits per heavy atom. The number of hydrogen-bond donors (Lipinski definition) is 0. The molecule has 2 fully saturated rings. The second-order valence-corrected chi connectivity index (χ2v) is 7.17. The van der Waals surface area contributed by atoms with Crippen molar-refractivity contribution in [3.8, 4) is 0 Å². The van der Waals surface area contributed by atoms with Gasteiger partial charge in [0, 0.05) is 43.0 Å². The van der Waals surface area contributed by atoms with Crippen molar-refractivity contribution in [2.24, 2.45) is 0 Å². The van der Waals surface area contributed by atoms with E-state index >= 15 is 0 Å². The van der Waals surface area contributed by atoms with Crippen LogP contribution in [0, 0.1) is 0 Å². The maximum absolute atomic E-state index is 12.0. The molecule has 2 aliphatic heterocycles. The number of nitrogens with zero attached hydrogens (tertiary/aromatic N) is 1. The van der Waals surface area contributed by atoms with Crippen molar-refractivity contribution in [2.75, 3.05) is 14.2 Å². The van der Waals surface area contributed by atoms with Crippen molar-refractivity contribution < 1.29 is 28.6 Å². The minimum absolute atomic E-state index is 0.0201. The van der Waals surface area contributed by atoms with Crippen LogP contribution >= 0.6 is 0 Å². The molecule has 0 saturated carbocycles. The summed E-state index contributed by atoms with van der Waals surface area (Å²) in [6.07, 6.45) is 4.18. The maximum atomic E-state index is 12.0. The molecule has 2 heterocycles. The molecule has 7 heteroatoms. The standard InChI is InChI=1S/C19H27NO6/c1-11(2)6-17(21)26-16-9-13-8-14(10-15(16)20(13)4)25-18(22)7-12(3)19(23)24-5/h6-7,13-16H,8-10H2,1-5H3/b12-7+/t13?,14-,15?,16-/m1/s1. The molecule has 0 radical (unpaired) electrons. The first-order valence-electron chi connectivity index (χ1n) is 8.76. The molecule has 0 aromatic rings. The average molecular weight is 365 g/mol. The van der Waals surface area contributed by atoms with E-state index in [-0.39, 0.29) is 35.8 Å². The number of piperidine rings is 1. The Morgan fingerprint density at radius 3 is 2.23 bits per heavy atom. The molecular formula is C19H27NO6. The molecular weight excluding hydrogens is 338 g/mol. The summed E-state index contributed by atoms with van der Waals surface area (Å²) < 4.78 is 15.7. The van der Waals surface area contributed by atoms with Crippen molar-refractivity contribution in [1.29, 1.82) is 0 Å². The third kappa shape index (κ3) is 4.94. The fraction of sp³-hybridized carbons (Fsp3) is 0.632. The van der Waals surface area contributed by atoms with Crippen molar-refractivity contribution >= 4 is 17.9 Å². The van der Waals surface area contributed by atoms with Crippen LogP contribution < -0.4 is 0 Å². The lowest BCUT2D eigenvalue weighted by atomic mass is 10.0. The summed E-state index contributed by atoms with van der Waals surface area (Å²) in [5, 5.41) is 0. The molecule has 7 nitrogen and oxygen atoms in total. The second kappa shape index (κ2) is 8.49. The van der Waals surface area contributed by atoms with Gasteiger partial charge >= 0.3 is 17.9 Å². The van der Waals surface area contributed by atoms with Gasteiger partial charge < -0.3 is 14.2 Å². The first-order valence-corrected chi connectivity index (χ1v) is 8.76. The van der Waals surface area contributed by atoms with Crippen LogP contribution in [0.25, 0.3) is 0 Å². The summed E-state index contributed by atoms with van der Waals surface area (Å²) in [7, 11) is 3.26. The molecule has 0 aliphatic carbocycles. The van der Waals surface area contributed by atoms with Gasteiger partial charge in [-0.1, -0.05) is 5.57 Å². The van der Waals surface area contributed by atoms with Crippen molar-refractivity contribution in [3.05, 3.63) is 23.3 Å².